The monoisotopic (exact) mass is 438 g/mol. The van der Waals surface area contributed by atoms with E-state index < -0.39 is 5.97 Å². The number of esters is 1. The molecule has 0 aliphatic carbocycles. The van der Waals surface area contributed by atoms with Gasteiger partial charge in [0.2, 0.25) is 0 Å². The van der Waals surface area contributed by atoms with Crippen LogP contribution in [0, 0.1) is 0 Å². The highest BCUT2D eigenvalue weighted by molar-refractivity contribution is 9.10. The molecule has 0 aliphatic rings. The van der Waals surface area contributed by atoms with Crippen LogP contribution in [-0.2, 0) is 4.74 Å². The number of phenolic OH excluding ortho intramolecular Hbond substituents is 1. The molecule has 2 aromatic carbocycles. The van der Waals surface area contributed by atoms with Gasteiger partial charge in [-0.25, -0.2) is 9.78 Å². The molecular weight excluding hydrogens is 424 g/mol. The Hall–Kier alpha value is -3.39. The maximum atomic E-state index is 11.8. The second-order valence-corrected chi connectivity index (χ2v) is 6.89. The third kappa shape index (κ3) is 3.29. The molecule has 2 N–H and O–H groups in total. The number of rotatable bonds is 4. The largest absolute Gasteiger partial charge is 0.507 e. The van der Waals surface area contributed by atoms with Gasteiger partial charge in [0.1, 0.15) is 17.3 Å². The Morgan fingerprint density at radius 3 is 2.93 bits per heavy atom. The average molecular weight is 439 g/mol. The highest BCUT2D eigenvalue weighted by Gasteiger charge is 2.18. The van der Waals surface area contributed by atoms with Crippen LogP contribution in [-0.4, -0.2) is 32.6 Å². The number of halogens is 1. The number of aromatic nitrogens is 3. The number of ether oxygens (including phenoxy) is 1. The molecule has 0 aliphatic heterocycles. The lowest BCUT2D eigenvalue weighted by Gasteiger charge is -2.11. The Kier molecular flexibility index (Phi) is 4.70. The molecule has 4 rings (SSSR count). The van der Waals surface area contributed by atoms with Crippen LogP contribution in [0.3, 0.4) is 0 Å². The van der Waals surface area contributed by atoms with Crippen molar-refractivity contribution in [3.63, 3.8) is 0 Å². The van der Waals surface area contributed by atoms with Gasteiger partial charge in [0.15, 0.2) is 5.65 Å². The maximum Gasteiger partial charge on any atom is 0.337 e. The number of phenols is 1. The Morgan fingerprint density at radius 1 is 1.25 bits per heavy atom. The molecule has 0 saturated carbocycles. The van der Waals surface area contributed by atoms with E-state index in [-0.39, 0.29) is 5.75 Å². The number of methoxy groups -OCH3 is 1. The Morgan fingerprint density at radius 2 is 2.11 bits per heavy atom. The fourth-order valence-corrected chi connectivity index (χ4v) is 3.25. The zero-order chi connectivity index (χ0) is 19.7. The number of imidazole rings is 1. The highest BCUT2D eigenvalue weighted by atomic mass is 79.9. The van der Waals surface area contributed by atoms with Gasteiger partial charge in [0.25, 0.3) is 0 Å². The summed E-state index contributed by atoms with van der Waals surface area (Å²) >= 11 is 3.43. The van der Waals surface area contributed by atoms with Gasteiger partial charge in [-0.2, -0.15) is 0 Å². The number of hydrogen-bond acceptors (Lipinski definition) is 6. The SMILES string of the molecule is COC(=O)c1cccc(Nc2c(-c3cc(Br)ccc3O)nc3cnccn23)c1. The van der Waals surface area contributed by atoms with Crippen LogP contribution in [0.2, 0.25) is 0 Å². The van der Waals surface area contributed by atoms with Crippen molar-refractivity contribution in [2.45, 2.75) is 0 Å². The first kappa shape index (κ1) is 18.0. The van der Waals surface area contributed by atoms with Crippen molar-refractivity contribution in [3.05, 3.63) is 71.1 Å². The van der Waals surface area contributed by atoms with E-state index in [2.05, 4.69) is 31.2 Å². The number of carbonyl (C=O) groups is 1. The van der Waals surface area contributed by atoms with E-state index in [0.29, 0.717) is 34.0 Å². The molecular formula is C20H15BrN4O3. The number of nitrogens with zero attached hydrogens (tertiary/aromatic N) is 3. The molecule has 0 unspecified atom stereocenters. The smallest absolute Gasteiger partial charge is 0.337 e. The predicted octanol–water partition coefficient (Wildman–Crippen LogP) is 4.39. The van der Waals surface area contributed by atoms with Crippen LogP contribution in [0.15, 0.2) is 65.5 Å². The zero-order valence-corrected chi connectivity index (χ0v) is 16.3. The molecule has 0 spiro atoms. The molecule has 7 nitrogen and oxygen atoms in total. The number of anilines is 2. The van der Waals surface area contributed by atoms with E-state index in [1.807, 2.05) is 10.5 Å². The molecule has 0 radical (unpaired) electrons. The van der Waals surface area contributed by atoms with E-state index >= 15 is 0 Å². The molecule has 2 heterocycles. The lowest BCUT2D eigenvalue weighted by Crippen LogP contribution is -2.03. The molecule has 0 bridgehead atoms. The van der Waals surface area contributed by atoms with E-state index in [0.717, 1.165) is 4.47 Å². The minimum atomic E-state index is -0.421. The summed E-state index contributed by atoms with van der Waals surface area (Å²) in [4.78, 5) is 20.6. The molecule has 28 heavy (non-hydrogen) atoms. The molecule has 8 heteroatoms. The quantitative estimate of drug-likeness (QED) is 0.459. The van der Waals surface area contributed by atoms with Crippen LogP contribution in [0.4, 0.5) is 11.5 Å². The van der Waals surface area contributed by atoms with Crippen LogP contribution >= 0.6 is 15.9 Å². The van der Waals surface area contributed by atoms with Crippen molar-refractivity contribution in [3.8, 4) is 17.0 Å². The minimum absolute atomic E-state index is 0.103. The zero-order valence-electron chi connectivity index (χ0n) is 14.8. The van der Waals surface area contributed by atoms with Crippen molar-refractivity contribution >= 4 is 39.1 Å². The maximum absolute atomic E-state index is 11.8. The third-order valence-corrected chi connectivity index (χ3v) is 4.68. The molecule has 140 valence electrons. The van der Waals surface area contributed by atoms with E-state index in [1.54, 1.807) is 55.0 Å². The Labute approximate surface area is 168 Å². The fourth-order valence-electron chi connectivity index (χ4n) is 2.89. The van der Waals surface area contributed by atoms with Crippen LogP contribution in [0.25, 0.3) is 16.9 Å². The second kappa shape index (κ2) is 7.32. The van der Waals surface area contributed by atoms with Gasteiger partial charge in [0.05, 0.1) is 18.9 Å². The van der Waals surface area contributed by atoms with Gasteiger partial charge in [-0.05, 0) is 36.4 Å². The molecule has 0 atom stereocenters. The molecule has 4 aromatic rings. The van der Waals surface area contributed by atoms with Gasteiger partial charge in [0, 0.05) is 28.1 Å². The number of benzene rings is 2. The average Bonchev–Trinajstić information content (AvgIpc) is 3.07. The topological polar surface area (TPSA) is 88.8 Å². The molecule has 0 fully saturated rings. The summed E-state index contributed by atoms with van der Waals surface area (Å²) in [5.41, 5.74) is 2.83. The number of carbonyl (C=O) groups excluding carboxylic acids is 1. The van der Waals surface area contributed by atoms with Crippen molar-refractivity contribution < 1.29 is 14.6 Å². The van der Waals surface area contributed by atoms with E-state index in [4.69, 9.17) is 4.74 Å². The van der Waals surface area contributed by atoms with Crippen molar-refractivity contribution in [2.24, 2.45) is 0 Å². The van der Waals surface area contributed by atoms with Crippen molar-refractivity contribution in [2.75, 3.05) is 12.4 Å². The lowest BCUT2D eigenvalue weighted by atomic mass is 10.1. The van der Waals surface area contributed by atoms with Gasteiger partial charge in [-0.15, -0.1) is 0 Å². The van der Waals surface area contributed by atoms with Gasteiger partial charge in [-0.3, -0.25) is 9.38 Å². The number of hydrogen-bond donors (Lipinski definition) is 2. The second-order valence-electron chi connectivity index (χ2n) is 5.97. The van der Waals surface area contributed by atoms with E-state index in [1.165, 1.54) is 7.11 Å². The van der Waals surface area contributed by atoms with Crippen LogP contribution in [0.5, 0.6) is 5.75 Å². The van der Waals surface area contributed by atoms with Crippen LogP contribution in [0.1, 0.15) is 10.4 Å². The summed E-state index contributed by atoms with van der Waals surface area (Å²) in [5, 5.41) is 13.7. The summed E-state index contributed by atoms with van der Waals surface area (Å²) in [6.07, 6.45) is 5.05. The first-order valence-corrected chi connectivity index (χ1v) is 9.12. The fraction of sp³-hybridized carbons (Fsp3) is 0.0500. The number of fused-ring (bicyclic) bond motifs is 1. The number of aromatic hydroxyl groups is 1. The van der Waals surface area contributed by atoms with E-state index in [9.17, 15) is 9.90 Å². The standard InChI is InChI=1S/C20H15BrN4O3/c1-28-20(27)12-3-2-4-14(9-12)23-19-18(15-10-13(21)5-6-16(15)26)24-17-11-22-7-8-25(17)19/h2-11,23,26H,1H3. The molecule has 2 aromatic heterocycles. The van der Waals surface area contributed by atoms with Crippen molar-refractivity contribution in [1.82, 2.24) is 14.4 Å². The third-order valence-electron chi connectivity index (χ3n) is 4.19. The predicted molar refractivity (Wildman–Crippen MR) is 109 cm³/mol. The Balaban J connectivity index is 1.87. The highest BCUT2D eigenvalue weighted by Crippen LogP contribution is 2.37. The summed E-state index contributed by atoms with van der Waals surface area (Å²) in [6, 6.07) is 12.1. The minimum Gasteiger partial charge on any atom is -0.507 e. The molecule has 0 amide bonds. The number of nitrogens with one attached hydrogen (secondary N) is 1. The van der Waals surface area contributed by atoms with Crippen LogP contribution < -0.4 is 5.32 Å². The van der Waals surface area contributed by atoms with Gasteiger partial charge >= 0.3 is 5.97 Å². The normalized spacial score (nSPS) is 10.8. The van der Waals surface area contributed by atoms with Gasteiger partial charge < -0.3 is 15.2 Å². The summed E-state index contributed by atoms with van der Waals surface area (Å²) in [7, 11) is 1.34. The lowest BCUT2D eigenvalue weighted by molar-refractivity contribution is 0.0601. The molecule has 0 saturated heterocycles. The Bertz CT molecular complexity index is 1190. The first-order chi connectivity index (χ1) is 13.6. The summed E-state index contributed by atoms with van der Waals surface area (Å²) < 4.78 is 7.43. The first-order valence-electron chi connectivity index (χ1n) is 8.33. The van der Waals surface area contributed by atoms with Gasteiger partial charge in [-0.1, -0.05) is 22.0 Å². The van der Waals surface area contributed by atoms with Crippen molar-refractivity contribution in [1.29, 1.82) is 0 Å². The summed E-state index contributed by atoms with van der Waals surface area (Å²) in [5.74, 6) is 0.314. The summed E-state index contributed by atoms with van der Waals surface area (Å²) in [6.45, 7) is 0.